The Morgan fingerprint density at radius 2 is 1.82 bits per heavy atom. The number of hydrogen-bond acceptors (Lipinski definition) is 3. The molecular formula is C27H22Cl2N2O3. The number of carbonyl (C=O) groups is 1. The first kappa shape index (κ1) is 23.6. The van der Waals surface area contributed by atoms with Crippen LogP contribution in [0, 0.1) is 0 Å². The zero-order chi connectivity index (χ0) is 23.9. The molecule has 0 bridgehead atoms. The molecule has 4 rings (SSSR count). The summed E-state index contributed by atoms with van der Waals surface area (Å²) in [7, 11) is 0. The molecule has 0 saturated heterocycles. The van der Waals surface area contributed by atoms with Gasteiger partial charge in [0.25, 0.3) is 0 Å². The maximum Gasteiger partial charge on any atom is 0.303 e. The van der Waals surface area contributed by atoms with Crippen molar-refractivity contribution in [1.29, 1.82) is 0 Å². The molecule has 0 aliphatic carbocycles. The van der Waals surface area contributed by atoms with Crippen LogP contribution in [-0.4, -0.2) is 27.7 Å². The van der Waals surface area contributed by atoms with Crippen molar-refractivity contribution in [2.45, 2.75) is 12.8 Å². The van der Waals surface area contributed by atoms with Crippen LogP contribution in [0.3, 0.4) is 0 Å². The van der Waals surface area contributed by atoms with Gasteiger partial charge in [-0.05, 0) is 60.0 Å². The van der Waals surface area contributed by atoms with Gasteiger partial charge in [0.2, 0.25) is 0 Å². The first-order chi connectivity index (χ1) is 16.5. The number of aliphatic carboxylic acids is 1. The Bertz CT molecular complexity index is 1320. The van der Waals surface area contributed by atoms with Gasteiger partial charge < -0.3 is 14.8 Å². The van der Waals surface area contributed by atoms with Gasteiger partial charge in [-0.25, -0.2) is 4.98 Å². The molecule has 0 aliphatic rings. The number of H-pyrrole nitrogens is 1. The number of halogens is 2. The van der Waals surface area contributed by atoms with Crippen molar-refractivity contribution in [3.8, 4) is 28.1 Å². The maximum absolute atomic E-state index is 10.8. The maximum atomic E-state index is 10.8. The predicted molar refractivity (Wildman–Crippen MR) is 137 cm³/mol. The molecule has 5 nitrogen and oxygen atoms in total. The fourth-order valence-electron chi connectivity index (χ4n) is 3.46. The summed E-state index contributed by atoms with van der Waals surface area (Å²) in [5, 5.41) is 9.97. The lowest BCUT2D eigenvalue weighted by Crippen LogP contribution is -2.03. The van der Waals surface area contributed by atoms with Crippen LogP contribution in [0.5, 0.6) is 5.75 Å². The van der Waals surface area contributed by atoms with E-state index in [9.17, 15) is 4.79 Å². The van der Waals surface area contributed by atoms with E-state index in [1.54, 1.807) is 18.3 Å². The number of aromatic amines is 1. The van der Waals surface area contributed by atoms with Crippen LogP contribution < -0.4 is 4.74 Å². The highest BCUT2D eigenvalue weighted by atomic mass is 35.5. The van der Waals surface area contributed by atoms with E-state index in [1.165, 1.54) is 0 Å². The molecule has 0 spiro atoms. The number of rotatable bonds is 9. The van der Waals surface area contributed by atoms with E-state index in [1.807, 2.05) is 66.7 Å². The minimum absolute atomic E-state index is 0.0652. The fourth-order valence-corrected chi connectivity index (χ4v) is 3.97. The van der Waals surface area contributed by atoms with Gasteiger partial charge in [0.15, 0.2) is 0 Å². The van der Waals surface area contributed by atoms with Gasteiger partial charge in [0, 0.05) is 22.6 Å². The van der Waals surface area contributed by atoms with Crippen LogP contribution in [0.4, 0.5) is 0 Å². The highest BCUT2D eigenvalue weighted by molar-refractivity contribution is 6.36. The van der Waals surface area contributed by atoms with Crippen molar-refractivity contribution >= 4 is 41.3 Å². The Balaban J connectivity index is 1.59. The van der Waals surface area contributed by atoms with Crippen LogP contribution in [0.15, 0.2) is 72.9 Å². The third-order valence-corrected chi connectivity index (χ3v) is 5.69. The third-order valence-electron chi connectivity index (χ3n) is 5.15. The van der Waals surface area contributed by atoms with E-state index in [0.717, 1.165) is 27.9 Å². The van der Waals surface area contributed by atoms with Crippen LogP contribution in [0.1, 0.15) is 24.2 Å². The Morgan fingerprint density at radius 1 is 1.00 bits per heavy atom. The first-order valence-electron chi connectivity index (χ1n) is 10.7. The van der Waals surface area contributed by atoms with Gasteiger partial charge in [0.05, 0.1) is 23.5 Å². The summed E-state index contributed by atoms with van der Waals surface area (Å²) >= 11 is 12.3. The summed E-state index contributed by atoms with van der Waals surface area (Å²) in [6.07, 6.45) is 6.00. The van der Waals surface area contributed by atoms with Gasteiger partial charge in [0.1, 0.15) is 11.6 Å². The number of nitrogens with one attached hydrogen (secondary N) is 1. The summed E-state index contributed by atoms with van der Waals surface area (Å²) in [6.45, 7) is 0.317. The average Bonchev–Trinajstić information content (AvgIpc) is 3.30. The Morgan fingerprint density at radius 3 is 2.59 bits per heavy atom. The average molecular weight is 493 g/mol. The van der Waals surface area contributed by atoms with E-state index in [-0.39, 0.29) is 6.42 Å². The molecule has 3 aromatic carbocycles. The predicted octanol–water partition coefficient (Wildman–Crippen LogP) is 7.46. The first-order valence-corrected chi connectivity index (χ1v) is 11.5. The summed E-state index contributed by atoms with van der Waals surface area (Å²) in [5.41, 5.74) is 4.59. The second kappa shape index (κ2) is 11.1. The molecule has 172 valence electrons. The van der Waals surface area contributed by atoms with Crippen LogP contribution >= 0.6 is 23.2 Å². The number of imidazole rings is 1. The van der Waals surface area contributed by atoms with E-state index < -0.39 is 5.97 Å². The quantitative estimate of drug-likeness (QED) is 0.237. The normalized spacial score (nSPS) is 11.1. The van der Waals surface area contributed by atoms with Gasteiger partial charge in [-0.1, -0.05) is 59.6 Å². The molecule has 0 amide bonds. The summed E-state index contributed by atoms with van der Waals surface area (Å²) < 4.78 is 5.89. The second-order valence-electron chi connectivity index (χ2n) is 7.60. The molecule has 0 unspecified atom stereocenters. The molecule has 1 aromatic heterocycles. The van der Waals surface area contributed by atoms with Gasteiger partial charge in [-0.15, -0.1) is 0 Å². The van der Waals surface area contributed by atoms with Crippen molar-refractivity contribution in [2.24, 2.45) is 0 Å². The van der Waals surface area contributed by atoms with Gasteiger partial charge >= 0.3 is 5.97 Å². The monoisotopic (exact) mass is 492 g/mol. The lowest BCUT2D eigenvalue weighted by atomic mass is 10.0. The molecule has 2 N–H and O–H groups in total. The molecule has 34 heavy (non-hydrogen) atoms. The van der Waals surface area contributed by atoms with Crippen molar-refractivity contribution < 1.29 is 14.6 Å². The molecule has 0 atom stereocenters. The number of carboxylic acid groups (broad SMARTS) is 1. The lowest BCUT2D eigenvalue weighted by Gasteiger charge is -2.11. The minimum Gasteiger partial charge on any atom is -0.493 e. The van der Waals surface area contributed by atoms with Crippen molar-refractivity contribution in [3.63, 3.8) is 0 Å². The van der Waals surface area contributed by atoms with E-state index in [2.05, 4.69) is 9.97 Å². The van der Waals surface area contributed by atoms with Crippen LogP contribution in [0.2, 0.25) is 10.0 Å². The Labute approximate surface area is 207 Å². The van der Waals surface area contributed by atoms with Crippen LogP contribution in [0.25, 0.3) is 34.5 Å². The summed E-state index contributed by atoms with van der Waals surface area (Å²) in [5.74, 6) is 0.495. The van der Waals surface area contributed by atoms with E-state index in [4.69, 9.17) is 33.0 Å². The molecule has 4 aromatic rings. The van der Waals surface area contributed by atoms with Crippen LogP contribution in [-0.2, 0) is 4.79 Å². The largest absolute Gasteiger partial charge is 0.493 e. The van der Waals surface area contributed by atoms with E-state index in [0.29, 0.717) is 34.6 Å². The highest BCUT2D eigenvalue weighted by Gasteiger charge is 2.09. The number of hydrogen-bond donors (Lipinski definition) is 2. The van der Waals surface area contributed by atoms with Gasteiger partial charge in [-0.2, -0.15) is 0 Å². The number of nitrogens with zero attached hydrogens (tertiary/aromatic N) is 1. The topological polar surface area (TPSA) is 75.2 Å². The minimum atomic E-state index is -0.836. The third kappa shape index (κ3) is 6.07. The van der Waals surface area contributed by atoms with Crippen molar-refractivity contribution in [1.82, 2.24) is 9.97 Å². The van der Waals surface area contributed by atoms with E-state index >= 15 is 0 Å². The molecular weight excluding hydrogens is 471 g/mol. The number of carboxylic acids is 1. The smallest absolute Gasteiger partial charge is 0.303 e. The summed E-state index contributed by atoms with van der Waals surface area (Å²) in [4.78, 5) is 18.5. The van der Waals surface area contributed by atoms with Gasteiger partial charge in [-0.3, -0.25) is 4.79 Å². The Hall–Kier alpha value is -3.54. The SMILES string of the molecule is O=C(O)CCCOc1ccc(-c2ccccc2)cc1/C=C/c1ncc(-c2ccc(Cl)cc2Cl)[nH]1. The number of benzene rings is 3. The van der Waals surface area contributed by atoms with Crippen molar-refractivity contribution in [3.05, 3.63) is 94.4 Å². The molecule has 0 aliphatic heterocycles. The molecule has 0 fully saturated rings. The molecule has 0 saturated carbocycles. The highest BCUT2D eigenvalue weighted by Crippen LogP contribution is 2.31. The Kier molecular flexibility index (Phi) is 7.68. The summed E-state index contributed by atoms with van der Waals surface area (Å²) in [6, 6.07) is 21.3. The second-order valence-corrected chi connectivity index (χ2v) is 8.45. The molecule has 7 heteroatoms. The zero-order valence-electron chi connectivity index (χ0n) is 18.2. The zero-order valence-corrected chi connectivity index (χ0v) is 19.7. The molecule has 0 radical (unpaired) electrons. The molecule has 1 heterocycles. The van der Waals surface area contributed by atoms with Crippen molar-refractivity contribution in [2.75, 3.05) is 6.61 Å². The lowest BCUT2D eigenvalue weighted by molar-refractivity contribution is -0.137. The fraction of sp³-hybridized carbons (Fsp3) is 0.111. The number of ether oxygens (including phenoxy) is 1. The number of aromatic nitrogens is 2. The standard InChI is InChI=1S/C27H22Cl2N2O3/c28-21-10-11-22(23(29)16-21)24-17-30-26(31-24)13-9-20-15-19(18-5-2-1-3-6-18)8-12-25(20)34-14-4-7-27(32)33/h1-3,5-6,8-13,15-17H,4,7,14H2,(H,30,31)(H,32,33)/b13-9+.